The van der Waals surface area contributed by atoms with Crippen LogP contribution in [0.15, 0.2) is 24.4 Å². The summed E-state index contributed by atoms with van der Waals surface area (Å²) in [6.07, 6.45) is 5.27. The zero-order valence-electron chi connectivity index (χ0n) is 19.3. The standard InChI is InChI=1S/C22H29F2N7O3S/c1-35(33,34)30-10-9-14(12-30)31-20-18(27-22(31)28-19-16(23)3-2-4-17(19)24)11-25-21(29-20)26-13-5-7-15(32)8-6-13/h2-4,11,13-15,22,27-28,32H,5-10,12H2,1H3,(H,25,26,29)/t13?,14-,15?,22?/m1/s1. The molecule has 2 atom stereocenters. The number of hydrogen-bond donors (Lipinski definition) is 4. The van der Waals surface area contributed by atoms with Crippen molar-refractivity contribution in [2.75, 3.05) is 40.2 Å². The van der Waals surface area contributed by atoms with Crippen molar-refractivity contribution in [3.8, 4) is 0 Å². The van der Waals surface area contributed by atoms with E-state index in [0.717, 1.165) is 12.8 Å². The molecule has 4 N–H and O–H groups in total. The molecule has 3 heterocycles. The number of nitrogens with zero attached hydrogens (tertiary/aromatic N) is 4. The highest BCUT2D eigenvalue weighted by Gasteiger charge is 2.41. The van der Waals surface area contributed by atoms with Crippen LogP contribution in [0.25, 0.3) is 0 Å². The lowest BCUT2D eigenvalue weighted by molar-refractivity contribution is 0.126. The molecule has 0 radical (unpaired) electrons. The molecule has 2 fully saturated rings. The molecule has 5 rings (SSSR count). The fourth-order valence-corrected chi connectivity index (χ4v) is 5.86. The summed E-state index contributed by atoms with van der Waals surface area (Å²) in [4.78, 5) is 10.9. The van der Waals surface area contributed by atoms with Gasteiger partial charge in [0.1, 0.15) is 17.3 Å². The van der Waals surface area contributed by atoms with E-state index < -0.39 is 27.9 Å². The smallest absolute Gasteiger partial charge is 0.224 e. The van der Waals surface area contributed by atoms with Crippen LogP contribution >= 0.6 is 0 Å². The van der Waals surface area contributed by atoms with Crippen molar-refractivity contribution >= 4 is 33.2 Å². The van der Waals surface area contributed by atoms with Crippen LogP contribution in [-0.2, 0) is 10.0 Å². The topological polar surface area (TPSA) is 123 Å². The highest BCUT2D eigenvalue weighted by Crippen LogP contribution is 2.38. The Balaban J connectivity index is 1.43. The first-order chi connectivity index (χ1) is 16.7. The van der Waals surface area contributed by atoms with E-state index >= 15 is 0 Å². The summed E-state index contributed by atoms with van der Waals surface area (Å²) in [6, 6.07) is 3.48. The predicted molar refractivity (Wildman–Crippen MR) is 129 cm³/mol. The van der Waals surface area contributed by atoms with E-state index in [1.807, 2.05) is 4.90 Å². The Labute approximate surface area is 202 Å². The lowest BCUT2D eigenvalue weighted by atomic mass is 9.93. The second-order valence-corrected chi connectivity index (χ2v) is 11.3. The van der Waals surface area contributed by atoms with Gasteiger partial charge in [-0.1, -0.05) is 6.07 Å². The maximum absolute atomic E-state index is 14.4. The van der Waals surface area contributed by atoms with Gasteiger partial charge in [0.15, 0.2) is 12.1 Å². The molecular weight excluding hydrogens is 480 g/mol. The van der Waals surface area contributed by atoms with Crippen LogP contribution < -0.4 is 20.9 Å². The van der Waals surface area contributed by atoms with Crippen molar-refractivity contribution in [3.63, 3.8) is 0 Å². The average Bonchev–Trinajstić information content (AvgIpc) is 3.42. The number of aliphatic hydroxyl groups is 1. The normalized spacial score (nSPS) is 26.9. The minimum Gasteiger partial charge on any atom is -0.393 e. The van der Waals surface area contributed by atoms with Crippen LogP contribution in [-0.4, -0.2) is 71.6 Å². The van der Waals surface area contributed by atoms with Gasteiger partial charge in [0.05, 0.1) is 24.2 Å². The second-order valence-electron chi connectivity index (χ2n) is 9.34. The molecule has 1 unspecified atom stereocenters. The molecule has 1 aromatic carbocycles. The third kappa shape index (κ3) is 4.98. The Morgan fingerprint density at radius 3 is 2.49 bits per heavy atom. The number of aliphatic hydroxyl groups excluding tert-OH is 1. The number of sulfonamides is 1. The van der Waals surface area contributed by atoms with Crippen molar-refractivity contribution in [2.45, 2.75) is 56.6 Å². The molecule has 0 bridgehead atoms. The zero-order valence-corrected chi connectivity index (χ0v) is 20.1. The summed E-state index contributed by atoms with van der Waals surface area (Å²) in [7, 11) is -3.38. The van der Waals surface area contributed by atoms with Gasteiger partial charge in [-0.3, -0.25) is 0 Å². The van der Waals surface area contributed by atoms with Crippen LogP contribution in [0.1, 0.15) is 32.1 Å². The molecule has 10 nitrogen and oxygen atoms in total. The van der Waals surface area contributed by atoms with E-state index in [-0.39, 0.29) is 30.4 Å². The minimum atomic E-state index is -3.38. The van der Waals surface area contributed by atoms with Gasteiger partial charge in [-0.15, -0.1) is 0 Å². The fraction of sp³-hybridized carbons (Fsp3) is 0.545. The Kier molecular flexibility index (Phi) is 6.40. The van der Waals surface area contributed by atoms with Gasteiger partial charge in [0.2, 0.25) is 16.0 Å². The van der Waals surface area contributed by atoms with Crippen molar-refractivity contribution in [1.82, 2.24) is 14.3 Å². The highest BCUT2D eigenvalue weighted by atomic mass is 32.2. The van der Waals surface area contributed by atoms with Crippen molar-refractivity contribution in [1.29, 1.82) is 0 Å². The molecule has 1 saturated carbocycles. The van der Waals surface area contributed by atoms with Gasteiger partial charge < -0.3 is 26.0 Å². The van der Waals surface area contributed by atoms with Crippen LogP contribution in [0, 0.1) is 11.6 Å². The Hall–Kier alpha value is -2.77. The quantitative estimate of drug-likeness (QED) is 0.464. The molecule has 190 valence electrons. The summed E-state index contributed by atoms with van der Waals surface area (Å²) in [5, 5.41) is 19.2. The van der Waals surface area contributed by atoms with Gasteiger partial charge in [0, 0.05) is 25.2 Å². The number of aromatic nitrogens is 2. The van der Waals surface area contributed by atoms with Gasteiger partial charge in [-0.2, -0.15) is 4.98 Å². The third-order valence-corrected chi connectivity index (χ3v) is 8.12. The largest absolute Gasteiger partial charge is 0.393 e. The molecule has 2 aromatic rings. The minimum absolute atomic E-state index is 0.132. The van der Waals surface area contributed by atoms with Crippen LogP contribution in [0.3, 0.4) is 0 Å². The molecule has 0 amide bonds. The van der Waals surface area contributed by atoms with Crippen molar-refractivity contribution < 1.29 is 22.3 Å². The number of benzene rings is 1. The Morgan fingerprint density at radius 2 is 1.83 bits per heavy atom. The summed E-state index contributed by atoms with van der Waals surface area (Å²) in [5.74, 6) is -0.541. The third-order valence-electron chi connectivity index (χ3n) is 6.85. The molecule has 1 aromatic heterocycles. The summed E-state index contributed by atoms with van der Waals surface area (Å²) >= 11 is 0. The van der Waals surface area contributed by atoms with E-state index in [1.54, 1.807) is 6.20 Å². The van der Waals surface area contributed by atoms with Crippen LogP contribution in [0.2, 0.25) is 0 Å². The van der Waals surface area contributed by atoms with E-state index in [1.165, 1.54) is 28.8 Å². The molecule has 3 aliphatic rings. The highest BCUT2D eigenvalue weighted by molar-refractivity contribution is 7.88. The van der Waals surface area contributed by atoms with Crippen LogP contribution in [0.4, 0.5) is 31.9 Å². The SMILES string of the molecule is CS(=O)(=O)N1CC[C@@H](N2c3nc(NC4CCC(O)CC4)ncc3NC2Nc2c(F)cccc2F)C1. The fourth-order valence-electron chi connectivity index (χ4n) is 4.98. The maximum atomic E-state index is 14.4. The molecule has 1 aliphatic carbocycles. The van der Waals surface area contributed by atoms with Gasteiger partial charge in [0.25, 0.3) is 0 Å². The zero-order chi connectivity index (χ0) is 24.7. The van der Waals surface area contributed by atoms with E-state index in [9.17, 15) is 22.3 Å². The number of para-hydroxylation sites is 1. The van der Waals surface area contributed by atoms with Gasteiger partial charge >= 0.3 is 0 Å². The maximum Gasteiger partial charge on any atom is 0.224 e. The number of rotatable bonds is 6. The predicted octanol–water partition coefficient (Wildman–Crippen LogP) is 2.13. The number of halogens is 2. The molecule has 1 saturated heterocycles. The lowest BCUT2D eigenvalue weighted by Crippen LogP contribution is -2.49. The van der Waals surface area contributed by atoms with E-state index in [0.29, 0.717) is 43.3 Å². The Bertz CT molecular complexity index is 1170. The molecule has 35 heavy (non-hydrogen) atoms. The molecule has 13 heteroatoms. The number of hydrogen-bond acceptors (Lipinski definition) is 9. The monoisotopic (exact) mass is 509 g/mol. The summed E-state index contributed by atoms with van der Waals surface area (Å²) < 4.78 is 54.5. The van der Waals surface area contributed by atoms with Crippen molar-refractivity contribution in [2.24, 2.45) is 0 Å². The van der Waals surface area contributed by atoms with Crippen molar-refractivity contribution in [3.05, 3.63) is 36.0 Å². The van der Waals surface area contributed by atoms with Crippen LogP contribution in [0.5, 0.6) is 0 Å². The number of nitrogens with one attached hydrogen (secondary N) is 3. The molecule has 0 spiro atoms. The second kappa shape index (κ2) is 9.36. The number of fused-ring (bicyclic) bond motifs is 1. The lowest BCUT2D eigenvalue weighted by Gasteiger charge is -2.33. The number of anilines is 4. The first-order valence-electron chi connectivity index (χ1n) is 11.7. The first-order valence-corrected chi connectivity index (χ1v) is 13.6. The Morgan fingerprint density at radius 1 is 1.11 bits per heavy atom. The molecule has 2 aliphatic heterocycles. The average molecular weight is 510 g/mol. The van der Waals surface area contributed by atoms with Gasteiger partial charge in [-0.25, -0.2) is 26.5 Å². The van der Waals surface area contributed by atoms with E-state index in [4.69, 9.17) is 4.98 Å². The van der Waals surface area contributed by atoms with E-state index in [2.05, 4.69) is 20.9 Å². The summed E-state index contributed by atoms with van der Waals surface area (Å²) in [5.41, 5.74) is 0.287. The van der Waals surface area contributed by atoms with Gasteiger partial charge in [-0.05, 0) is 44.2 Å². The summed E-state index contributed by atoms with van der Waals surface area (Å²) in [6.45, 7) is 0.571. The molecular formula is C22H29F2N7O3S. The first kappa shape index (κ1) is 23.9.